The van der Waals surface area contributed by atoms with Crippen molar-refractivity contribution in [2.75, 3.05) is 0 Å². The lowest BCUT2D eigenvalue weighted by molar-refractivity contribution is 0.911. The molecule has 1 aromatic heterocycles. The van der Waals surface area contributed by atoms with Gasteiger partial charge in [0.1, 0.15) is 0 Å². The highest BCUT2D eigenvalue weighted by atomic mass is 79.9. The molecule has 1 aliphatic rings. The van der Waals surface area contributed by atoms with E-state index in [2.05, 4.69) is 52.5 Å². The third-order valence-electron chi connectivity index (χ3n) is 3.81. The van der Waals surface area contributed by atoms with E-state index in [-0.39, 0.29) is 0 Å². The first kappa shape index (κ1) is 12.4. The summed E-state index contributed by atoms with van der Waals surface area (Å²) in [6.45, 7) is 2.23. The van der Waals surface area contributed by atoms with Gasteiger partial charge in [0.15, 0.2) is 0 Å². The van der Waals surface area contributed by atoms with Crippen molar-refractivity contribution in [1.29, 1.82) is 0 Å². The maximum atomic E-state index is 3.88. The number of benzene rings is 1. The van der Waals surface area contributed by atoms with Gasteiger partial charge in [-0.15, -0.1) is 11.3 Å². The van der Waals surface area contributed by atoms with Crippen LogP contribution in [0.4, 0.5) is 0 Å². The van der Waals surface area contributed by atoms with Gasteiger partial charge in [-0.2, -0.15) is 0 Å². The molecule has 94 valence electrons. The molecule has 0 aliphatic heterocycles. The van der Waals surface area contributed by atoms with Crippen LogP contribution in [0.3, 0.4) is 0 Å². The highest BCUT2D eigenvalue weighted by molar-refractivity contribution is 9.09. The van der Waals surface area contributed by atoms with Crippen molar-refractivity contribution < 1.29 is 0 Å². The van der Waals surface area contributed by atoms with Crippen molar-refractivity contribution in [1.82, 2.24) is 0 Å². The molecule has 0 radical (unpaired) electrons. The normalized spacial score (nSPS) is 15.7. The molecule has 0 fully saturated rings. The minimum Gasteiger partial charge on any atom is -0.147 e. The predicted molar refractivity (Wildman–Crippen MR) is 82.9 cm³/mol. The van der Waals surface area contributed by atoms with E-state index < -0.39 is 0 Å². The van der Waals surface area contributed by atoms with Crippen molar-refractivity contribution in [3.63, 3.8) is 0 Å². The Morgan fingerprint density at radius 2 is 2.06 bits per heavy atom. The summed E-state index contributed by atoms with van der Waals surface area (Å²) in [6.07, 6.45) is 4.96. The lowest BCUT2D eigenvalue weighted by Crippen LogP contribution is -1.95. The molecule has 18 heavy (non-hydrogen) atoms. The van der Waals surface area contributed by atoms with E-state index in [4.69, 9.17) is 0 Å². The van der Waals surface area contributed by atoms with Crippen LogP contribution in [0, 0.1) is 0 Å². The summed E-state index contributed by atoms with van der Waals surface area (Å²) in [5, 5.41) is 2.20. The van der Waals surface area contributed by atoms with E-state index in [9.17, 15) is 0 Å². The van der Waals surface area contributed by atoms with Crippen LogP contribution in [0.5, 0.6) is 0 Å². The molecule has 0 bridgehead atoms. The second kappa shape index (κ2) is 5.18. The molecular weight excluding hydrogens is 304 g/mol. The van der Waals surface area contributed by atoms with Crippen LogP contribution in [0.1, 0.15) is 45.3 Å². The van der Waals surface area contributed by atoms with Crippen molar-refractivity contribution in [2.45, 2.75) is 37.4 Å². The second-order valence-electron chi connectivity index (χ2n) is 4.91. The summed E-state index contributed by atoms with van der Waals surface area (Å²) in [6, 6.07) is 9.27. The Balaban J connectivity index is 1.95. The molecule has 1 unspecified atom stereocenters. The number of alkyl halides is 1. The van der Waals surface area contributed by atoms with Crippen LogP contribution in [0.15, 0.2) is 29.6 Å². The van der Waals surface area contributed by atoms with E-state index in [0.29, 0.717) is 4.83 Å². The topological polar surface area (TPSA) is 0 Å². The number of halogens is 1. The molecule has 0 amide bonds. The highest BCUT2D eigenvalue weighted by Crippen LogP contribution is 2.38. The summed E-state index contributed by atoms with van der Waals surface area (Å²) in [5.41, 5.74) is 6.00. The Kier molecular flexibility index (Phi) is 3.58. The van der Waals surface area contributed by atoms with E-state index >= 15 is 0 Å². The van der Waals surface area contributed by atoms with Gasteiger partial charge in [-0.1, -0.05) is 41.1 Å². The Hall–Kier alpha value is -0.600. The SMILES string of the molecule is CCc1ccsc1C(Br)c1ccc2c(c1)CCC2. The Morgan fingerprint density at radius 1 is 1.22 bits per heavy atom. The molecule has 0 spiro atoms. The fraction of sp³-hybridized carbons (Fsp3) is 0.375. The van der Waals surface area contributed by atoms with Gasteiger partial charge in [-0.25, -0.2) is 0 Å². The number of hydrogen-bond acceptors (Lipinski definition) is 1. The second-order valence-corrected chi connectivity index (χ2v) is 6.77. The fourth-order valence-corrected chi connectivity index (χ4v) is 4.66. The van der Waals surface area contributed by atoms with Gasteiger partial charge in [-0.3, -0.25) is 0 Å². The largest absolute Gasteiger partial charge is 0.147 e. The van der Waals surface area contributed by atoms with Gasteiger partial charge >= 0.3 is 0 Å². The first-order valence-corrected chi connectivity index (χ1v) is 8.41. The zero-order valence-electron chi connectivity index (χ0n) is 10.6. The molecule has 1 aromatic carbocycles. The zero-order valence-corrected chi connectivity index (χ0v) is 13.0. The standard InChI is InChI=1S/C16H17BrS/c1-2-11-8-9-18-16(11)15(17)14-7-6-12-4-3-5-13(12)10-14/h6-10,15H,2-5H2,1H3. The maximum absolute atomic E-state index is 3.88. The third-order valence-corrected chi connectivity index (χ3v) is 6.12. The smallest absolute Gasteiger partial charge is 0.0740 e. The average molecular weight is 321 g/mol. The van der Waals surface area contributed by atoms with Crippen molar-refractivity contribution in [2.24, 2.45) is 0 Å². The minimum atomic E-state index is 0.360. The lowest BCUT2D eigenvalue weighted by Gasteiger charge is -2.12. The molecule has 2 heteroatoms. The summed E-state index contributed by atoms with van der Waals surface area (Å²) < 4.78 is 0. The summed E-state index contributed by atoms with van der Waals surface area (Å²) in [5.74, 6) is 0. The minimum absolute atomic E-state index is 0.360. The van der Waals surface area contributed by atoms with Gasteiger partial charge in [-0.05, 0) is 59.4 Å². The van der Waals surface area contributed by atoms with Crippen molar-refractivity contribution in [3.05, 3.63) is 56.8 Å². The molecule has 0 N–H and O–H groups in total. The van der Waals surface area contributed by atoms with Crippen LogP contribution in [-0.4, -0.2) is 0 Å². The molecule has 1 aliphatic carbocycles. The first-order valence-electron chi connectivity index (χ1n) is 6.61. The van der Waals surface area contributed by atoms with Gasteiger partial charge in [0.05, 0.1) is 4.83 Å². The Labute approximate surface area is 121 Å². The monoisotopic (exact) mass is 320 g/mol. The summed E-state index contributed by atoms with van der Waals surface area (Å²) >= 11 is 5.75. The molecule has 1 heterocycles. The van der Waals surface area contributed by atoms with Crippen LogP contribution >= 0.6 is 27.3 Å². The Bertz CT molecular complexity index is 556. The number of aryl methyl sites for hydroxylation is 3. The average Bonchev–Trinajstić information content (AvgIpc) is 3.05. The highest BCUT2D eigenvalue weighted by Gasteiger charge is 2.18. The van der Waals surface area contributed by atoms with Crippen molar-refractivity contribution >= 4 is 27.3 Å². The lowest BCUT2D eigenvalue weighted by atomic mass is 10.0. The van der Waals surface area contributed by atoms with E-state index in [1.54, 1.807) is 11.1 Å². The third kappa shape index (κ3) is 2.17. The number of thiophene rings is 1. The van der Waals surface area contributed by atoms with Crippen molar-refractivity contribution in [3.8, 4) is 0 Å². The van der Waals surface area contributed by atoms with Gasteiger partial charge in [0.25, 0.3) is 0 Å². The first-order chi connectivity index (χ1) is 8.79. The number of fused-ring (bicyclic) bond motifs is 1. The quantitative estimate of drug-likeness (QED) is 0.674. The molecule has 3 rings (SSSR count). The molecule has 0 nitrogen and oxygen atoms in total. The van der Waals surface area contributed by atoms with Gasteiger partial charge < -0.3 is 0 Å². The maximum Gasteiger partial charge on any atom is 0.0740 e. The van der Waals surface area contributed by atoms with Crippen LogP contribution in [0.2, 0.25) is 0 Å². The van der Waals surface area contributed by atoms with Crippen LogP contribution in [0.25, 0.3) is 0 Å². The van der Waals surface area contributed by atoms with E-state index in [0.717, 1.165) is 6.42 Å². The van der Waals surface area contributed by atoms with Crippen LogP contribution < -0.4 is 0 Å². The Morgan fingerprint density at radius 3 is 2.89 bits per heavy atom. The summed E-state index contributed by atoms with van der Waals surface area (Å²) in [4.78, 5) is 1.83. The molecule has 1 atom stereocenters. The predicted octanol–water partition coefficient (Wildman–Crippen LogP) is 5.28. The molecular formula is C16H17BrS. The summed E-state index contributed by atoms with van der Waals surface area (Å²) in [7, 11) is 0. The molecule has 0 saturated heterocycles. The van der Waals surface area contributed by atoms with Crippen LogP contribution in [-0.2, 0) is 19.3 Å². The fourth-order valence-electron chi connectivity index (χ4n) is 2.76. The van der Waals surface area contributed by atoms with Gasteiger partial charge in [0, 0.05) is 4.88 Å². The molecule has 2 aromatic rings. The van der Waals surface area contributed by atoms with Gasteiger partial charge in [0.2, 0.25) is 0 Å². The zero-order chi connectivity index (χ0) is 12.5. The number of rotatable bonds is 3. The number of hydrogen-bond donors (Lipinski definition) is 0. The van der Waals surface area contributed by atoms with E-state index in [1.807, 2.05) is 11.3 Å². The molecule has 0 saturated carbocycles. The van der Waals surface area contributed by atoms with E-state index in [1.165, 1.54) is 35.3 Å².